The van der Waals surface area contributed by atoms with E-state index in [-0.39, 0.29) is 28.7 Å². The van der Waals surface area contributed by atoms with Crippen molar-refractivity contribution in [2.75, 3.05) is 17.8 Å². The van der Waals surface area contributed by atoms with E-state index in [4.69, 9.17) is 10.5 Å². The molecular weight excluding hydrogens is 385 g/mol. The minimum atomic E-state index is -1.30. The zero-order valence-corrected chi connectivity index (χ0v) is 14.9. The number of hydrogen-bond acceptors (Lipinski definition) is 10. The molecule has 0 aliphatic carbocycles. The lowest BCUT2D eigenvalue weighted by Crippen LogP contribution is -2.33. The normalized spacial score (nSPS) is 24.6. The predicted molar refractivity (Wildman–Crippen MR) is 100 cm³/mol. The fraction of sp³-hybridized carbons (Fsp3) is 0.294. The third-order valence-corrected chi connectivity index (χ3v) is 4.49. The number of rotatable bonds is 5. The molecule has 12 heteroatoms. The van der Waals surface area contributed by atoms with E-state index in [0.717, 1.165) is 0 Å². The first-order valence-electron chi connectivity index (χ1n) is 8.65. The summed E-state index contributed by atoms with van der Waals surface area (Å²) in [6.45, 7) is -0.455. The Kier molecular flexibility index (Phi) is 5.07. The van der Waals surface area contributed by atoms with Crippen molar-refractivity contribution in [2.45, 2.75) is 24.5 Å². The van der Waals surface area contributed by atoms with Crippen LogP contribution in [0.4, 0.5) is 16.2 Å². The number of hydrogen-bond donors (Lipinski definition) is 5. The number of aromatic nitrogens is 4. The van der Waals surface area contributed by atoms with Crippen LogP contribution < -0.4 is 11.2 Å². The van der Waals surface area contributed by atoms with Crippen LogP contribution in [0, 0.1) is 5.82 Å². The van der Waals surface area contributed by atoms with Gasteiger partial charge in [0.2, 0.25) is 5.95 Å². The Labute approximate surface area is 163 Å². The molecule has 1 unspecified atom stereocenters. The first-order valence-corrected chi connectivity index (χ1v) is 8.65. The number of fused-ring (bicyclic) bond motifs is 1. The maximum Gasteiger partial charge on any atom is 0.247 e. The molecule has 1 aliphatic rings. The van der Waals surface area contributed by atoms with Crippen LogP contribution in [0.25, 0.3) is 11.2 Å². The molecule has 0 spiro atoms. The summed E-state index contributed by atoms with van der Waals surface area (Å²) in [5.41, 5.74) is 9.73. The number of nitrogens with zero attached hydrogens (tertiary/aromatic N) is 5. The molecule has 1 aliphatic heterocycles. The van der Waals surface area contributed by atoms with Crippen LogP contribution >= 0.6 is 0 Å². The number of aliphatic hydroxyl groups excluding tert-OH is 3. The van der Waals surface area contributed by atoms with Crippen molar-refractivity contribution in [1.82, 2.24) is 19.5 Å². The second kappa shape index (κ2) is 7.67. The van der Waals surface area contributed by atoms with Crippen LogP contribution in [0.2, 0.25) is 0 Å². The van der Waals surface area contributed by atoms with Gasteiger partial charge in [-0.05, 0) is 17.7 Å². The molecule has 3 aromatic rings. The SMILES string of the molecule is Nc1nc(N/N=C/c2ccc(F)cc2)nc2c1ncn2C1O[C@H](CO)[C@@H](O)[C@H]1O. The van der Waals surface area contributed by atoms with E-state index in [2.05, 4.69) is 25.5 Å². The zero-order chi connectivity index (χ0) is 20.5. The maximum absolute atomic E-state index is 12.9. The van der Waals surface area contributed by atoms with E-state index in [9.17, 15) is 19.7 Å². The Morgan fingerprint density at radius 3 is 2.69 bits per heavy atom. The smallest absolute Gasteiger partial charge is 0.247 e. The number of anilines is 2. The largest absolute Gasteiger partial charge is 0.394 e. The topological polar surface area (TPSA) is 164 Å². The molecule has 11 nitrogen and oxygen atoms in total. The van der Waals surface area contributed by atoms with Crippen molar-refractivity contribution in [2.24, 2.45) is 5.10 Å². The summed E-state index contributed by atoms with van der Waals surface area (Å²) in [6.07, 6.45) is -1.72. The van der Waals surface area contributed by atoms with E-state index in [0.29, 0.717) is 5.56 Å². The lowest BCUT2D eigenvalue weighted by atomic mass is 10.1. The molecule has 1 fully saturated rings. The maximum atomic E-state index is 12.9. The van der Waals surface area contributed by atoms with Crippen LogP contribution in [0.5, 0.6) is 0 Å². The van der Waals surface area contributed by atoms with Crippen molar-refractivity contribution in [1.29, 1.82) is 0 Å². The lowest BCUT2D eigenvalue weighted by molar-refractivity contribution is -0.0511. The third-order valence-electron chi connectivity index (χ3n) is 4.49. The first-order chi connectivity index (χ1) is 14.0. The van der Waals surface area contributed by atoms with Gasteiger partial charge in [0.15, 0.2) is 17.7 Å². The highest BCUT2D eigenvalue weighted by Gasteiger charge is 2.44. The molecule has 1 saturated heterocycles. The van der Waals surface area contributed by atoms with Gasteiger partial charge in [0.25, 0.3) is 0 Å². The molecule has 29 heavy (non-hydrogen) atoms. The minimum absolute atomic E-state index is 0.0573. The fourth-order valence-corrected chi connectivity index (χ4v) is 3.00. The number of hydrazone groups is 1. The standard InChI is InChI=1S/C17H18FN7O4/c18-9-3-1-8(2-4-9)5-21-24-17-22-14(19)11-15(23-17)25(7-20-11)16-13(28)12(27)10(6-26)29-16/h1-5,7,10,12-13,16,26-28H,6H2,(H3,19,22,23,24)/b21-5+/t10-,12-,13-,16?/m1/s1. The number of aliphatic hydroxyl groups is 3. The number of ether oxygens (including phenoxy) is 1. The number of nitrogens with one attached hydrogen (secondary N) is 1. The van der Waals surface area contributed by atoms with Gasteiger partial charge in [0.1, 0.15) is 29.6 Å². The summed E-state index contributed by atoms with van der Waals surface area (Å²) in [7, 11) is 0. The van der Waals surface area contributed by atoms with Crippen LogP contribution in [-0.4, -0.2) is 66.0 Å². The van der Waals surface area contributed by atoms with E-state index >= 15 is 0 Å². The number of halogens is 1. The Hall–Kier alpha value is -3.19. The van der Waals surface area contributed by atoms with Crippen LogP contribution in [0.3, 0.4) is 0 Å². The fourth-order valence-electron chi connectivity index (χ4n) is 3.00. The second-order valence-corrected chi connectivity index (χ2v) is 6.41. The minimum Gasteiger partial charge on any atom is -0.394 e. The molecule has 4 atom stereocenters. The number of imidazole rings is 1. The quantitative estimate of drug-likeness (QED) is 0.282. The highest BCUT2D eigenvalue weighted by Crippen LogP contribution is 2.32. The summed E-state index contributed by atoms with van der Waals surface area (Å²) in [6, 6.07) is 5.72. The number of nitrogen functional groups attached to an aromatic ring is 1. The summed E-state index contributed by atoms with van der Waals surface area (Å²) >= 11 is 0. The first kappa shape index (κ1) is 19.1. The second-order valence-electron chi connectivity index (χ2n) is 6.41. The predicted octanol–water partition coefficient (Wildman–Crippen LogP) is -0.395. The van der Waals surface area contributed by atoms with Gasteiger partial charge in [0.05, 0.1) is 19.1 Å². The lowest BCUT2D eigenvalue weighted by Gasteiger charge is -2.16. The van der Waals surface area contributed by atoms with Gasteiger partial charge in [-0.1, -0.05) is 12.1 Å². The van der Waals surface area contributed by atoms with E-state index in [1.165, 1.54) is 29.2 Å². The Balaban J connectivity index is 1.61. The number of benzene rings is 1. The van der Waals surface area contributed by atoms with Gasteiger partial charge in [-0.15, -0.1) is 0 Å². The van der Waals surface area contributed by atoms with Crippen molar-refractivity contribution >= 4 is 29.1 Å². The Morgan fingerprint density at radius 2 is 2.00 bits per heavy atom. The molecule has 0 amide bonds. The molecule has 3 heterocycles. The van der Waals surface area contributed by atoms with Crippen molar-refractivity contribution in [3.63, 3.8) is 0 Å². The molecular formula is C17H18FN7O4. The third kappa shape index (κ3) is 3.61. The highest BCUT2D eigenvalue weighted by atomic mass is 19.1. The monoisotopic (exact) mass is 403 g/mol. The van der Waals surface area contributed by atoms with Gasteiger partial charge in [-0.25, -0.2) is 14.8 Å². The van der Waals surface area contributed by atoms with Crippen LogP contribution in [0.1, 0.15) is 11.8 Å². The van der Waals surface area contributed by atoms with E-state index in [1.807, 2.05) is 0 Å². The summed E-state index contributed by atoms with van der Waals surface area (Å²) in [5, 5.41) is 33.5. The van der Waals surface area contributed by atoms with Crippen molar-refractivity contribution < 1.29 is 24.4 Å². The average Bonchev–Trinajstić information content (AvgIpc) is 3.25. The van der Waals surface area contributed by atoms with Crippen LogP contribution in [-0.2, 0) is 4.74 Å². The van der Waals surface area contributed by atoms with Crippen LogP contribution in [0.15, 0.2) is 35.7 Å². The number of nitrogens with two attached hydrogens (primary N) is 1. The van der Waals surface area contributed by atoms with Gasteiger partial charge < -0.3 is 25.8 Å². The molecule has 0 saturated carbocycles. The van der Waals surface area contributed by atoms with Gasteiger partial charge in [-0.2, -0.15) is 15.1 Å². The molecule has 1 aromatic carbocycles. The van der Waals surface area contributed by atoms with Gasteiger partial charge in [-0.3, -0.25) is 4.57 Å². The van der Waals surface area contributed by atoms with E-state index in [1.54, 1.807) is 12.1 Å². The van der Waals surface area contributed by atoms with Gasteiger partial charge in [0, 0.05) is 0 Å². The summed E-state index contributed by atoms with van der Waals surface area (Å²) < 4.78 is 19.8. The highest BCUT2D eigenvalue weighted by molar-refractivity contribution is 5.83. The Morgan fingerprint density at radius 1 is 1.24 bits per heavy atom. The van der Waals surface area contributed by atoms with Crippen molar-refractivity contribution in [3.8, 4) is 0 Å². The molecule has 0 bridgehead atoms. The Bertz CT molecular complexity index is 1040. The molecule has 2 aromatic heterocycles. The summed E-state index contributed by atoms with van der Waals surface area (Å²) in [4.78, 5) is 12.5. The van der Waals surface area contributed by atoms with E-state index < -0.39 is 31.1 Å². The summed E-state index contributed by atoms with van der Waals surface area (Å²) in [5.74, 6) is -0.225. The average molecular weight is 403 g/mol. The zero-order valence-electron chi connectivity index (χ0n) is 14.9. The molecule has 6 N–H and O–H groups in total. The molecule has 152 valence electrons. The molecule has 0 radical (unpaired) electrons. The van der Waals surface area contributed by atoms with Gasteiger partial charge >= 0.3 is 0 Å². The van der Waals surface area contributed by atoms with Crippen molar-refractivity contribution in [3.05, 3.63) is 42.0 Å². The molecule has 4 rings (SSSR count).